The second-order valence-electron chi connectivity index (χ2n) is 5.62. The lowest BCUT2D eigenvalue weighted by Gasteiger charge is -2.36. The summed E-state index contributed by atoms with van der Waals surface area (Å²) in [6.45, 7) is 3.76. The molecule has 1 aromatic rings. The van der Waals surface area contributed by atoms with Crippen molar-refractivity contribution in [2.45, 2.75) is 30.2 Å². The van der Waals surface area contributed by atoms with Crippen LogP contribution in [0.5, 0.6) is 0 Å². The number of rotatable bonds is 1. The smallest absolute Gasteiger partial charge is 0.231 e. The summed E-state index contributed by atoms with van der Waals surface area (Å²) in [5.41, 5.74) is 7.24. The third kappa shape index (κ3) is 2.39. The van der Waals surface area contributed by atoms with Gasteiger partial charge in [-0.25, -0.2) is 0 Å². The topological polar surface area (TPSA) is 46.3 Å². The largest absolute Gasteiger partial charge is 0.342 e. The Morgan fingerprint density at radius 3 is 3.00 bits per heavy atom. The first kappa shape index (κ1) is 13.0. The highest BCUT2D eigenvalue weighted by molar-refractivity contribution is 7.99. The Balaban J connectivity index is 1.75. The van der Waals surface area contributed by atoms with Gasteiger partial charge in [-0.3, -0.25) is 4.79 Å². The highest BCUT2D eigenvalue weighted by atomic mass is 32.2. The van der Waals surface area contributed by atoms with E-state index in [1.54, 1.807) is 11.8 Å². The second kappa shape index (κ2) is 5.17. The zero-order chi connectivity index (χ0) is 13.4. The molecule has 0 radical (unpaired) electrons. The van der Waals surface area contributed by atoms with Crippen LogP contribution in [0.3, 0.4) is 0 Å². The van der Waals surface area contributed by atoms with Crippen molar-refractivity contribution in [2.24, 2.45) is 11.7 Å². The monoisotopic (exact) mass is 276 g/mol. The molecule has 0 saturated carbocycles. The Bertz CT molecular complexity index is 491. The summed E-state index contributed by atoms with van der Waals surface area (Å²) >= 11 is 1.80. The number of amides is 1. The highest BCUT2D eigenvalue weighted by Crippen LogP contribution is 2.40. The average Bonchev–Trinajstić information content (AvgIpc) is 2.85. The fourth-order valence-electron chi connectivity index (χ4n) is 2.95. The van der Waals surface area contributed by atoms with Crippen LogP contribution >= 0.6 is 11.8 Å². The number of thioether (sulfide) groups is 1. The maximum absolute atomic E-state index is 12.7. The van der Waals surface area contributed by atoms with E-state index in [0.717, 1.165) is 25.3 Å². The number of hydrogen-bond donors (Lipinski definition) is 1. The molecule has 3 nitrogen and oxygen atoms in total. The molecule has 0 bridgehead atoms. The summed E-state index contributed by atoms with van der Waals surface area (Å²) < 4.78 is 0. The van der Waals surface area contributed by atoms with Crippen LogP contribution in [0, 0.1) is 5.92 Å². The van der Waals surface area contributed by atoms with Crippen LogP contribution in [-0.4, -0.2) is 35.7 Å². The first-order valence-electron chi connectivity index (χ1n) is 6.93. The van der Waals surface area contributed by atoms with Crippen molar-refractivity contribution < 1.29 is 4.79 Å². The van der Waals surface area contributed by atoms with Gasteiger partial charge in [0.05, 0.1) is 5.92 Å². The maximum Gasteiger partial charge on any atom is 0.231 e. The Morgan fingerprint density at radius 2 is 2.21 bits per heavy atom. The molecule has 2 heterocycles. The van der Waals surface area contributed by atoms with Crippen molar-refractivity contribution >= 4 is 17.7 Å². The number of nitrogens with zero attached hydrogens (tertiary/aromatic N) is 1. The first-order valence-corrected chi connectivity index (χ1v) is 7.91. The van der Waals surface area contributed by atoms with E-state index in [4.69, 9.17) is 5.73 Å². The lowest BCUT2D eigenvalue weighted by molar-refractivity contribution is -0.134. The number of nitrogens with two attached hydrogens (primary N) is 1. The van der Waals surface area contributed by atoms with Crippen LogP contribution < -0.4 is 5.73 Å². The van der Waals surface area contributed by atoms with Crippen LogP contribution in [0.25, 0.3) is 0 Å². The number of hydrogen-bond acceptors (Lipinski definition) is 3. The van der Waals surface area contributed by atoms with Crippen LogP contribution in [0.2, 0.25) is 0 Å². The van der Waals surface area contributed by atoms with Gasteiger partial charge >= 0.3 is 0 Å². The molecule has 4 heteroatoms. The number of piperidine rings is 1. The van der Waals surface area contributed by atoms with Crippen molar-refractivity contribution in [3.8, 4) is 0 Å². The molecular weight excluding hydrogens is 256 g/mol. The third-order valence-corrected chi connectivity index (χ3v) is 5.46. The molecule has 3 atom stereocenters. The number of likely N-dealkylation sites (tertiary alicyclic amines) is 1. The molecule has 0 aliphatic carbocycles. The Hall–Kier alpha value is -1.00. The van der Waals surface area contributed by atoms with Crippen molar-refractivity contribution in [1.82, 2.24) is 4.90 Å². The number of benzene rings is 1. The minimum absolute atomic E-state index is 0.0442. The Labute approximate surface area is 118 Å². The standard InChI is InChI=1S/C15H20N2OS/c1-10-8-17(7-6-13(10)16)15(18)12-9-19-14-5-3-2-4-11(12)14/h2-5,10,12-13H,6-9,16H2,1H3. The second-order valence-corrected chi connectivity index (χ2v) is 6.68. The van der Waals surface area contributed by atoms with Gasteiger partial charge in [-0.1, -0.05) is 25.1 Å². The first-order chi connectivity index (χ1) is 9.16. The van der Waals surface area contributed by atoms with Gasteiger partial charge in [-0.15, -0.1) is 11.8 Å². The molecule has 2 N–H and O–H groups in total. The van der Waals surface area contributed by atoms with E-state index in [2.05, 4.69) is 19.1 Å². The third-order valence-electron chi connectivity index (χ3n) is 4.28. The van der Waals surface area contributed by atoms with E-state index >= 15 is 0 Å². The van der Waals surface area contributed by atoms with E-state index in [0.29, 0.717) is 5.92 Å². The summed E-state index contributed by atoms with van der Waals surface area (Å²) in [6.07, 6.45) is 0.925. The van der Waals surface area contributed by atoms with Gasteiger partial charge in [0.1, 0.15) is 0 Å². The summed E-state index contributed by atoms with van der Waals surface area (Å²) in [5.74, 6) is 1.62. The van der Waals surface area contributed by atoms with Crippen molar-refractivity contribution in [1.29, 1.82) is 0 Å². The Kier molecular flexibility index (Phi) is 3.54. The molecular formula is C15H20N2OS. The van der Waals surface area contributed by atoms with E-state index in [9.17, 15) is 4.79 Å². The van der Waals surface area contributed by atoms with Crippen LogP contribution in [0.15, 0.2) is 29.2 Å². The van der Waals surface area contributed by atoms with E-state index in [-0.39, 0.29) is 17.9 Å². The average molecular weight is 276 g/mol. The molecule has 1 aromatic carbocycles. The molecule has 3 unspecified atom stereocenters. The lowest BCUT2D eigenvalue weighted by atomic mass is 9.92. The summed E-state index contributed by atoms with van der Waals surface area (Å²) in [5, 5.41) is 0. The van der Waals surface area contributed by atoms with E-state index in [1.807, 2.05) is 17.0 Å². The van der Waals surface area contributed by atoms with Crippen molar-refractivity contribution in [2.75, 3.05) is 18.8 Å². The molecule has 0 aromatic heterocycles. The van der Waals surface area contributed by atoms with Crippen molar-refractivity contribution in [3.05, 3.63) is 29.8 Å². The SMILES string of the molecule is CC1CN(C(=O)C2CSc3ccccc32)CCC1N. The predicted molar refractivity (Wildman–Crippen MR) is 78.2 cm³/mol. The fraction of sp³-hybridized carbons (Fsp3) is 0.533. The molecule has 102 valence electrons. The summed E-state index contributed by atoms with van der Waals surface area (Å²) in [7, 11) is 0. The molecule has 0 spiro atoms. The van der Waals surface area contributed by atoms with Gasteiger partial charge in [0.15, 0.2) is 0 Å². The minimum atomic E-state index is 0.0442. The predicted octanol–water partition coefficient (Wildman–Crippen LogP) is 2.07. The van der Waals surface area contributed by atoms with Crippen LogP contribution in [0.4, 0.5) is 0 Å². The van der Waals surface area contributed by atoms with E-state index < -0.39 is 0 Å². The van der Waals surface area contributed by atoms with Gasteiger partial charge < -0.3 is 10.6 Å². The van der Waals surface area contributed by atoms with Crippen LogP contribution in [-0.2, 0) is 4.79 Å². The fourth-order valence-corrected chi connectivity index (χ4v) is 4.17. The maximum atomic E-state index is 12.7. The molecule has 19 heavy (non-hydrogen) atoms. The van der Waals surface area contributed by atoms with Crippen LogP contribution in [0.1, 0.15) is 24.8 Å². The number of carbonyl (C=O) groups is 1. The normalized spacial score (nSPS) is 30.2. The minimum Gasteiger partial charge on any atom is -0.342 e. The number of carbonyl (C=O) groups excluding carboxylic acids is 1. The molecule has 2 aliphatic rings. The number of fused-ring (bicyclic) bond motifs is 1. The zero-order valence-corrected chi connectivity index (χ0v) is 12.0. The van der Waals surface area contributed by atoms with Gasteiger partial charge in [0, 0.05) is 29.8 Å². The van der Waals surface area contributed by atoms with Gasteiger partial charge in [-0.2, -0.15) is 0 Å². The molecule has 1 saturated heterocycles. The molecule has 1 fully saturated rings. The molecule has 3 rings (SSSR count). The summed E-state index contributed by atoms with van der Waals surface area (Å²) in [4.78, 5) is 16.0. The van der Waals surface area contributed by atoms with Gasteiger partial charge in [0.25, 0.3) is 0 Å². The molecule has 2 aliphatic heterocycles. The molecule has 1 amide bonds. The quantitative estimate of drug-likeness (QED) is 0.854. The van der Waals surface area contributed by atoms with Crippen molar-refractivity contribution in [3.63, 3.8) is 0 Å². The summed E-state index contributed by atoms with van der Waals surface area (Å²) in [6, 6.07) is 8.52. The zero-order valence-electron chi connectivity index (χ0n) is 11.2. The lowest BCUT2D eigenvalue weighted by Crippen LogP contribution is -2.49. The highest BCUT2D eigenvalue weighted by Gasteiger charge is 2.34. The van der Waals surface area contributed by atoms with Gasteiger partial charge in [-0.05, 0) is 24.0 Å². The Morgan fingerprint density at radius 1 is 1.42 bits per heavy atom. The van der Waals surface area contributed by atoms with E-state index in [1.165, 1.54) is 10.5 Å². The van der Waals surface area contributed by atoms with Gasteiger partial charge in [0.2, 0.25) is 5.91 Å².